The van der Waals surface area contributed by atoms with Crippen molar-refractivity contribution in [1.29, 1.82) is 0 Å². The average Bonchev–Trinajstić information content (AvgIpc) is 2.71. The van der Waals surface area contributed by atoms with E-state index in [9.17, 15) is 0 Å². The highest BCUT2D eigenvalue weighted by atomic mass is 19.1. The van der Waals surface area contributed by atoms with Crippen LogP contribution in [0.25, 0.3) is 22.0 Å². The molecule has 5 heteroatoms. The quantitative estimate of drug-likeness (QED) is 0.707. The lowest BCUT2D eigenvalue weighted by atomic mass is 10.0. The molecule has 0 unspecified atom stereocenters. The molecule has 0 amide bonds. The summed E-state index contributed by atoms with van der Waals surface area (Å²) in [5.74, 6) is -0.0988. The third kappa shape index (κ3) is 3.88. The number of rotatable bonds is 2. The van der Waals surface area contributed by atoms with Crippen LogP contribution in [0.4, 0.5) is 15.9 Å². The fraction of sp³-hybridized carbons (Fsp3) is 0.318. The standard InChI is InChI=1S/C20H20FN3O.C2H6/c1-13-2-7-17-16(12-13)19(21)18(20(22)23-17)14-3-5-15(6-4-14)24-8-10-25-11-9-24;1-2/h2-7,12H,8-11H2,1H3,(H2,22,23);1-2H3. The van der Waals surface area contributed by atoms with Crippen LogP contribution in [-0.4, -0.2) is 31.3 Å². The van der Waals surface area contributed by atoms with Crippen molar-refractivity contribution < 1.29 is 9.13 Å². The van der Waals surface area contributed by atoms with Gasteiger partial charge < -0.3 is 15.4 Å². The summed E-state index contributed by atoms with van der Waals surface area (Å²) in [6, 6.07) is 13.3. The molecule has 2 N–H and O–H groups in total. The van der Waals surface area contributed by atoms with Gasteiger partial charge in [0.05, 0.1) is 24.3 Å². The first-order valence-electron chi connectivity index (χ1n) is 9.42. The van der Waals surface area contributed by atoms with Gasteiger partial charge in [0, 0.05) is 24.2 Å². The Labute approximate surface area is 159 Å². The highest BCUT2D eigenvalue weighted by Gasteiger charge is 2.16. The molecule has 2 aromatic carbocycles. The molecule has 1 saturated heterocycles. The molecule has 3 aromatic rings. The van der Waals surface area contributed by atoms with Crippen molar-refractivity contribution in [2.24, 2.45) is 0 Å². The Kier molecular flexibility index (Phi) is 5.91. The monoisotopic (exact) mass is 367 g/mol. The van der Waals surface area contributed by atoms with Crippen molar-refractivity contribution in [3.63, 3.8) is 0 Å². The first-order valence-corrected chi connectivity index (χ1v) is 9.42. The molecule has 0 saturated carbocycles. The number of fused-ring (bicyclic) bond motifs is 1. The van der Waals surface area contributed by atoms with Crippen molar-refractivity contribution >= 4 is 22.4 Å². The molecular weight excluding hydrogens is 341 g/mol. The number of pyridine rings is 1. The van der Waals surface area contributed by atoms with E-state index < -0.39 is 0 Å². The van der Waals surface area contributed by atoms with E-state index in [2.05, 4.69) is 9.88 Å². The number of ether oxygens (including phenoxy) is 1. The largest absolute Gasteiger partial charge is 0.383 e. The summed E-state index contributed by atoms with van der Waals surface area (Å²) in [5.41, 5.74) is 9.84. The topological polar surface area (TPSA) is 51.4 Å². The van der Waals surface area contributed by atoms with Crippen LogP contribution in [0.2, 0.25) is 0 Å². The lowest BCUT2D eigenvalue weighted by Crippen LogP contribution is -2.36. The third-order valence-corrected chi connectivity index (χ3v) is 4.64. The number of halogens is 1. The first kappa shape index (κ1) is 19.1. The number of nitrogen functional groups attached to an aromatic ring is 1. The minimum atomic E-state index is -0.315. The van der Waals surface area contributed by atoms with Gasteiger partial charge >= 0.3 is 0 Å². The van der Waals surface area contributed by atoms with Gasteiger partial charge in [0.1, 0.15) is 11.6 Å². The summed E-state index contributed by atoms with van der Waals surface area (Å²) < 4.78 is 20.5. The Morgan fingerprint density at radius 2 is 1.70 bits per heavy atom. The number of aryl methyl sites for hydroxylation is 1. The molecule has 2 heterocycles. The van der Waals surface area contributed by atoms with E-state index in [-0.39, 0.29) is 11.6 Å². The molecular formula is C22H26FN3O. The zero-order valence-corrected chi connectivity index (χ0v) is 16.1. The van der Waals surface area contributed by atoms with E-state index in [1.54, 1.807) is 6.07 Å². The van der Waals surface area contributed by atoms with Gasteiger partial charge in [-0.1, -0.05) is 37.6 Å². The van der Waals surface area contributed by atoms with Gasteiger partial charge in [-0.2, -0.15) is 0 Å². The van der Waals surface area contributed by atoms with E-state index in [1.165, 1.54) is 0 Å². The van der Waals surface area contributed by atoms with E-state index >= 15 is 4.39 Å². The van der Waals surface area contributed by atoms with Crippen LogP contribution in [0.5, 0.6) is 0 Å². The van der Waals surface area contributed by atoms with Gasteiger partial charge in [-0.3, -0.25) is 0 Å². The predicted molar refractivity (Wildman–Crippen MR) is 111 cm³/mol. The van der Waals surface area contributed by atoms with Gasteiger partial charge in [-0.25, -0.2) is 9.37 Å². The second-order valence-corrected chi connectivity index (χ2v) is 6.35. The number of morpholine rings is 1. The predicted octanol–water partition coefficient (Wildman–Crippen LogP) is 4.79. The Balaban J connectivity index is 0.00000102. The van der Waals surface area contributed by atoms with Crippen LogP contribution in [0.1, 0.15) is 19.4 Å². The Morgan fingerprint density at radius 3 is 2.37 bits per heavy atom. The number of anilines is 2. The Morgan fingerprint density at radius 1 is 1.04 bits per heavy atom. The average molecular weight is 367 g/mol. The maximum absolute atomic E-state index is 15.1. The Bertz CT molecular complexity index is 919. The molecule has 1 aromatic heterocycles. The minimum absolute atomic E-state index is 0.216. The summed E-state index contributed by atoms with van der Waals surface area (Å²) in [7, 11) is 0. The first-order chi connectivity index (χ1) is 13.1. The van der Waals surface area contributed by atoms with E-state index in [0.717, 1.165) is 43.1 Å². The molecule has 4 nitrogen and oxygen atoms in total. The number of aromatic nitrogens is 1. The summed E-state index contributed by atoms with van der Waals surface area (Å²) in [6.45, 7) is 9.14. The maximum Gasteiger partial charge on any atom is 0.144 e. The second-order valence-electron chi connectivity index (χ2n) is 6.35. The maximum atomic E-state index is 15.1. The van der Waals surface area contributed by atoms with Crippen molar-refractivity contribution in [3.8, 4) is 11.1 Å². The fourth-order valence-corrected chi connectivity index (χ4v) is 3.29. The normalized spacial score (nSPS) is 14.0. The molecule has 0 atom stereocenters. The molecule has 27 heavy (non-hydrogen) atoms. The number of hydrogen-bond acceptors (Lipinski definition) is 4. The van der Waals surface area contributed by atoms with Crippen LogP contribution in [0.3, 0.4) is 0 Å². The summed E-state index contributed by atoms with van der Waals surface area (Å²) in [6.07, 6.45) is 0. The van der Waals surface area contributed by atoms with Crippen LogP contribution in [-0.2, 0) is 4.74 Å². The number of nitrogens with two attached hydrogens (primary N) is 1. The van der Waals surface area contributed by atoms with Gasteiger partial charge in [0.15, 0.2) is 0 Å². The van der Waals surface area contributed by atoms with Crippen LogP contribution in [0, 0.1) is 12.7 Å². The van der Waals surface area contributed by atoms with Crippen molar-refractivity contribution in [2.75, 3.05) is 36.9 Å². The van der Waals surface area contributed by atoms with E-state index in [0.29, 0.717) is 16.5 Å². The van der Waals surface area contributed by atoms with Crippen molar-refractivity contribution in [1.82, 2.24) is 4.98 Å². The number of nitrogens with zero attached hydrogens (tertiary/aromatic N) is 2. The molecule has 1 fully saturated rings. The van der Waals surface area contributed by atoms with E-state index in [4.69, 9.17) is 10.5 Å². The van der Waals surface area contributed by atoms with Gasteiger partial charge in [0.25, 0.3) is 0 Å². The smallest absolute Gasteiger partial charge is 0.144 e. The SMILES string of the molecule is CC.Cc1ccc2nc(N)c(-c3ccc(N4CCOCC4)cc3)c(F)c2c1. The minimum Gasteiger partial charge on any atom is -0.383 e. The number of hydrogen-bond donors (Lipinski definition) is 1. The van der Waals surface area contributed by atoms with Crippen molar-refractivity contribution in [2.45, 2.75) is 20.8 Å². The van der Waals surface area contributed by atoms with Gasteiger partial charge in [0.2, 0.25) is 0 Å². The van der Waals surface area contributed by atoms with Gasteiger partial charge in [-0.15, -0.1) is 0 Å². The highest BCUT2D eigenvalue weighted by molar-refractivity contribution is 5.90. The molecule has 4 rings (SSSR count). The van der Waals surface area contributed by atoms with Gasteiger partial charge in [-0.05, 0) is 36.8 Å². The molecule has 1 aliphatic heterocycles. The van der Waals surface area contributed by atoms with Crippen LogP contribution in [0.15, 0.2) is 42.5 Å². The summed E-state index contributed by atoms with van der Waals surface area (Å²) >= 11 is 0. The molecule has 0 bridgehead atoms. The number of benzene rings is 2. The summed E-state index contributed by atoms with van der Waals surface area (Å²) in [5, 5.41) is 0.501. The van der Waals surface area contributed by atoms with Crippen LogP contribution >= 0.6 is 0 Å². The van der Waals surface area contributed by atoms with Crippen LogP contribution < -0.4 is 10.6 Å². The molecule has 142 valence electrons. The molecule has 0 aliphatic carbocycles. The second kappa shape index (κ2) is 8.35. The third-order valence-electron chi connectivity index (χ3n) is 4.64. The zero-order chi connectivity index (χ0) is 19.4. The summed E-state index contributed by atoms with van der Waals surface area (Å²) in [4.78, 5) is 6.64. The van der Waals surface area contributed by atoms with E-state index in [1.807, 2.05) is 57.2 Å². The molecule has 1 aliphatic rings. The lowest BCUT2D eigenvalue weighted by Gasteiger charge is -2.29. The Hall–Kier alpha value is -2.66. The molecule has 0 radical (unpaired) electrons. The highest BCUT2D eigenvalue weighted by Crippen LogP contribution is 2.33. The van der Waals surface area contributed by atoms with Crippen molar-refractivity contribution in [3.05, 3.63) is 53.8 Å². The zero-order valence-electron chi connectivity index (χ0n) is 16.1. The lowest BCUT2D eigenvalue weighted by molar-refractivity contribution is 0.122. The molecule has 0 spiro atoms. The fourth-order valence-electron chi connectivity index (χ4n) is 3.29.